The standard InChI is InChI=1S/C20H27ClN4O/c1-26-8-7-24-13-16-5-6-20(24)15-23(11-16)12-17-10-22-25(14-17)19-4-2-3-18(21)9-19/h2-4,9-10,14,16,20H,5-8,11-13,15H2,1H3/t16-,20+/m0/s1. The quantitative estimate of drug-likeness (QED) is 0.778. The van der Waals surface area contributed by atoms with E-state index in [0.29, 0.717) is 6.04 Å². The molecule has 0 N–H and O–H groups in total. The van der Waals surface area contributed by atoms with Crippen LogP contribution in [0.2, 0.25) is 5.02 Å². The molecule has 0 radical (unpaired) electrons. The van der Waals surface area contributed by atoms with Crippen LogP contribution in [0.4, 0.5) is 0 Å². The monoisotopic (exact) mass is 374 g/mol. The van der Waals surface area contributed by atoms with Crippen molar-refractivity contribution in [1.29, 1.82) is 0 Å². The fourth-order valence-electron chi connectivity index (χ4n) is 4.35. The van der Waals surface area contributed by atoms with E-state index in [2.05, 4.69) is 21.1 Å². The van der Waals surface area contributed by atoms with Gasteiger partial charge in [0.05, 0.1) is 18.5 Å². The Morgan fingerprint density at radius 3 is 3.00 bits per heavy atom. The van der Waals surface area contributed by atoms with Crippen LogP contribution in [0.5, 0.6) is 0 Å². The van der Waals surface area contributed by atoms with Gasteiger partial charge in [-0.25, -0.2) is 4.68 Å². The Morgan fingerprint density at radius 1 is 1.23 bits per heavy atom. The summed E-state index contributed by atoms with van der Waals surface area (Å²) >= 11 is 6.10. The van der Waals surface area contributed by atoms with E-state index in [-0.39, 0.29) is 0 Å². The second kappa shape index (κ2) is 8.09. The third kappa shape index (κ3) is 4.12. The normalized spacial score (nSPS) is 24.1. The van der Waals surface area contributed by atoms with Gasteiger partial charge in [0.15, 0.2) is 0 Å². The zero-order chi connectivity index (χ0) is 17.9. The Labute approximate surface area is 160 Å². The van der Waals surface area contributed by atoms with Gasteiger partial charge in [-0.15, -0.1) is 0 Å². The fraction of sp³-hybridized carbons (Fsp3) is 0.550. The van der Waals surface area contributed by atoms with E-state index < -0.39 is 0 Å². The van der Waals surface area contributed by atoms with Gasteiger partial charge in [0.1, 0.15) is 0 Å². The molecule has 3 aliphatic rings. The van der Waals surface area contributed by atoms with Gasteiger partial charge >= 0.3 is 0 Å². The number of hydrogen-bond acceptors (Lipinski definition) is 4. The highest BCUT2D eigenvalue weighted by Crippen LogP contribution is 2.28. The Hall–Kier alpha value is -1.40. The number of halogens is 1. The molecule has 3 saturated heterocycles. The van der Waals surface area contributed by atoms with Gasteiger partial charge in [0, 0.05) is 62.7 Å². The van der Waals surface area contributed by atoms with Crippen molar-refractivity contribution in [2.24, 2.45) is 5.92 Å². The maximum absolute atomic E-state index is 6.10. The SMILES string of the molecule is COCCN1C[C@H]2CC[C@@H]1CN(Cc1cnn(-c3cccc(Cl)c3)c1)C2. The summed E-state index contributed by atoms with van der Waals surface area (Å²) in [6.07, 6.45) is 6.77. The number of ether oxygens (including phenoxy) is 1. The van der Waals surface area contributed by atoms with Crippen LogP contribution in [0.15, 0.2) is 36.7 Å². The molecule has 26 heavy (non-hydrogen) atoms. The van der Waals surface area contributed by atoms with Crippen LogP contribution in [0.25, 0.3) is 5.69 Å². The predicted molar refractivity (Wildman–Crippen MR) is 104 cm³/mol. The van der Waals surface area contributed by atoms with Crippen molar-refractivity contribution in [1.82, 2.24) is 19.6 Å². The molecular weight excluding hydrogens is 348 g/mol. The molecule has 1 aromatic heterocycles. The molecule has 4 heterocycles. The lowest BCUT2D eigenvalue weighted by Gasteiger charge is -2.35. The highest BCUT2D eigenvalue weighted by atomic mass is 35.5. The number of fused-ring (bicyclic) bond motifs is 4. The maximum atomic E-state index is 6.10. The largest absolute Gasteiger partial charge is 0.383 e. The van der Waals surface area contributed by atoms with E-state index in [0.717, 1.165) is 42.9 Å². The smallest absolute Gasteiger partial charge is 0.0660 e. The van der Waals surface area contributed by atoms with Gasteiger partial charge in [0.25, 0.3) is 0 Å². The molecule has 0 aliphatic carbocycles. The van der Waals surface area contributed by atoms with Crippen LogP contribution in [0.1, 0.15) is 18.4 Å². The summed E-state index contributed by atoms with van der Waals surface area (Å²) in [5.41, 5.74) is 2.26. The van der Waals surface area contributed by atoms with Gasteiger partial charge in [0.2, 0.25) is 0 Å². The minimum atomic E-state index is 0.659. The molecule has 2 bridgehead atoms. The zero-order valence-electron chi connectivity index (χ0n) is 15.4. The van der Waals surface area contributed by atoms with Crippen LogP contribution in [0, 0.1) is 5.92 Å². The first kappa shape index (κ1) is 18.0. The minimum absolute atomic E-state index is 0.659. The van der Waals surface area contributed by atoms with Crippen LogP contribution >= 0.6 is 11.6 Å². The summed E-state index contributed by atoms with van der Waals surface area (Å²) in [7, 11) is 1.79. The summed E-state index contributed by atoms with van der Waals surface area (Å²) in [6.45, 7) is 6.39. The van der Waals surface area contributed by atoms with E-state index in [1.165, 1.54) is 31.5 Å². The minimum Gasteiger partial charge on any atom is -0.383 e. The van der Waals surface area contributed by atoms with E-state index in [4.69, 9.17) is 16.3 Å². The van der Waals surface area contributed by atoms with Gasteiger partial charge in [-0.3, -0.25) is 9.80 Å². The zero-order valence-corrected chi connectivity index (χ0v) is 16.1. The van der Waals surface area contributed by atoms with E-state index in [1.807, 2.05) is 35.1 Å². The molecule has 5 rings (SSSR count). The number of nitrogens with zero attached hydrogens (tertiary/aromatic N) is 4. The Bertz CT molecular complexity index is 734. The molecule has 2 atom stereocenters. The van der Waals surface area contributed by atoms with Crippen LogP contribution in [-0.2, 0) is 11.3 Å². The number of benzene rings is 1. The van der Waals surface area contributed by atoms with Crippen LogP contribution in [-0.4, -0.2) is 65.5 Å². The number of piperidine rings is 1. The first-order chi connectivity index (χ1) is 12.7. The molecule has 0 amide bonds. The first-order valence-electron chi connectivity index (χ1n) is 9.46. The van der Waals surface area contributed by atoms with Gasteiger partial charge < -0.3 is 4.74 Å². The predicted octanol–water partition coefficient (Wildman–Crippen LogP) is 3.07. The Morgan fingerprint density at radius 2 is 2.15 bits per heavy atom. The van der Waals surface area contributed by atoms with Crippen LogP contribution in [0.3, 0.4) is 0 Å². The van der Waals surface area contributed by atoms with Crippen molar-refractivity contribution >= 4 is 11.6 Å². The molecule has 3 aliphatic heterocycles. The summed E-state index contributed by atoms with van der Waals surface area (Å²) in [5.74, 6) is 0.772. The molecular formula is C20H27ClN4O. The third-order valence-corrected chi connectivity index (χ3v) is 5.84. The third-order valence-electron chi connectivity index (χ3n) is 5.60. The Kier molecular flexibility index (Phi) is 5.60. The topological polar surface area (TPSA) is 33.5 Å². The number of methoxy groups -OCH3 is 1. The van der Waals surface area contributed by atoms with Crippen molar-refractivity contribution in [3.05, 3.63) is 47.2 Å². The lowest BCUT2D eigenvalue weighted by molar-refractivity contribution is 0.0867. The first-order valence-corrected chi connectivity index (χ1v) is 9.84. The molecule has 2 aromatic rings. The molecule has 0 unspecified atom stereocenters. The van der Waals surface area contributed by atoms with E-state index >= 15 is 0 Å². The highest BCUT2D eigenvalue weighted by molar-refractivity contribution is 6.30. The number of hydrogen-bond donors (Lipinski definition) is 0. The summed E-state index contributed by atoms with van der Waals surface area (Å²) in [6, 6.07) is 8.48. The van der Waals surface area contributed by atoms with Crippen molar-refractivity contribution in [3.63, 3.8) is 0 Å². The summed E-state index contributed by atoms with van der Waals surface area (Å²) in [5, 5.41) is 5.27. The molecule has 140 valence electrons. The number of aromatic nitrogens is 2. The average molecular weight is 375 g/mol. The van der Waals surface area contributed by atoms with Gasteiger partial charge in [-0.2, -0.15) is 5.10 Å². The molecule has 3 fully saturated rings. The molecule has 0 saturated carbocycles. The van der Waals surface area contributed by atoms with Crippen molar-refractivity contribution < 1.29 is 4.74 Å². The maximum Gasteiger partial charge on any atom is 0.0660 e. The van der Waals surface area contributed by atoms with E-state index in [1.54, 1.807) is 7.11 Å². The summed E-state index contributed by atoms with van der Waals surface area (Å²) < 4.78 is 7.21. The van der Waals surface area contributed by atoms with Gasteiger partial charge in [-0.1, -0.05) is 17.7 Å². The molecule has 1 aromatic carbocycles. The fourth-order valence-corrected chi connectivity index (χ4v) is 4.53. The van der Waals surface area contributed by atoms with Crippen LogP contribution < -0.4 is 0 Å². The van der Waals surface area contributed by atoms with Crippen molar-refractivity contribution in [3.8, 4) is 5.69 Å². The number of rotatable bonds is 6. The Balaban J connectivity index is 1.42. The summed E-state index contributed by atoms with van der Waals surface area (Å²) in [4.78, 5) is 5.24. The van der Waals surface area contributed by atoms with Crippen molar-refractivity contribution in [2.45, 2.75) is 25.4 Å². The van der Waals surface area contributed by atoms with Gasteiger partial charge in [-0.05, 0) is 37.0 Å². The lowest BCUT2D eigenvalue weighted by atomic mass is 9.95. The molecule has 6 heteroatoms. The molecule has 5 nitrogen and oxygen atoms in total. The van der Waals surface area contributed by atoms with E-state index in [9.17, 15) is 0 Å². The van der Waals surface area contributed by atoms with Crippen molar-refractivity contribution in [2.75, 3.05) is 39.9 Å². The lowest BCUT2D eigenvalue weighted by Crippen LogP contribution is -2.45. The second-order valence-electron chi connectivity index (χ2n) is 7.55. The highest BCUT2D eigenvalue weighted by Gasteiger charge is 2.34. The molecule has 0 spiro atoms. The second-order valence-corrected chi connectivity index (χ2v) is 7.99. The average Bonchev–Trinajstić information content (AvgIpc) is 2.93.